The van der Waals surface area contributed by atoms with Crippen LogP contribution in [0.25, 0.3) is 0 Å². The van der Waals surface area contributed by atoms with E-state index in [0.29, 0.717) is 6.10 Å². The maximum Gasteiger partial charge on any atom is 0.243 e. The van der Waals surface area contributed by atoms with Crippen molar-refractivity contribution in [1.29, 1.82) is 0 Å². The van der Waals surface area contributed by atoms with Gasteiger partial charge >= 0.3 is 0 Å². The Hall–Kier alpha value is -0.260. The minimum absolute atomic E-state index is 0. The first-order chi connectivity index (χ1) is 13.1. The van der Waals surface area contributed by atoms with Gasteiger partial charge in [0.2, 0.25) is 5.91 Å². The van der Waals surface area contributed by atoms with Crippen molar-refractivity contribution in [3.05, 3.63) is 0 Å². The Morgan fingerprint density at radius 2 is 2.04 bits per heavy atom. The van der Waals surface area contributed by atoms with Crippen molar-refractivity contribution in [1.82, 2.24) is 15.1 Å². The van der Waals surface area contributed by atoms with Crippen LogP contribution in [0.5, 0.6) is 0 Å². The maximum atomic E-state index is 11.9. The SMILES string of the molecule is CSCCNC(=NCC(=O)N(C)C)N1CCC(OCC2CCCCO2)CC1.I. The maximum absolute atomic E-state index is 11.9. The molecule has 2 heterocycles. The average Bonchev–Trinajstić information content (AvgIpc) is 2.70. The molecule has 2 aliphatic rings. The highest BCUT2D eigenvalue weighted by Crippen LogP contribution is 2.18. The lowest BCUT2D eigenvalue weighted by Gasteiger charge is -2.35. The van der Waals surface area contributed by atoms with Crippen molar-refractivity contribution in [2.45, 2.75) is 44.3 Å². The molecule has 2 fully saturated rings. The van der Waals surface area contributed by atoms with Crippen LogP contribution < -0.4 is 5.32 Å². The molecule has 0 radical (unpaired) electrons. The molecule has 0 aromatic rings. The van der Waals surface area contributed by atoms with E-state index in [0.717, 1.165) is 63.8 Å². The van der Waals surface area contributed by atoms with E-state index in [4.69, 9.17) is 9.47 Å². The number of guanidine groups is 1. The molecule has 2 rings (SSSR count). The summed E-state index contributed by atoms with van der Waals surface area (Å²) in [6.07, 6.45) is 8.18. The zero-order chi connectivity index (χ0) is 19.5. The number of likely N-dealkylation sites (tertiary alicyclic amines) is 1. The fourth-order valence-corrected chi connectivity index (χ4v) is 3.54. The van der Waals surface area contributed by atoms with Gasteiger partial charge in [0.05, 0.1) is 18.8 Å². The largest absolute Gasteiger partial charge is 0.376 e. The minimum atomic E-state index is 0. The number of thioether (sulfide) groups is 1. The van der Waals surface area contributed by atoms with E-state index in [1.54, 1.807) is 30.8 Å². The second-order valence-electron chi connectivity index (χ2n) is 7.36. The van der Waals surface area contributed by atoms with E-state index in [2.05, 4.69) is 21.5 Å². The number of piperidine rings is 1. The summed E-state index contributed by atoms with van der Waals surface area (Å²) in [5.41, 5.74) is 0. The average molecular weight is 529 g/mol. The first kappa shape index (κ1) is 25.8. The van der Waals surface area contributed by atoms with Gasteiger partial charge in [0.25, 0.3) is 0 Å². The van der Waals surface area contributed by atoms with Gasteiger partial charge in [-0.3, -0.25) is 4.79 Å². The molecule has 2 saturated heterocycles. The van der Waals surface area contributed by atoms with Crippen LogP contribution >= 0.6 is 35.7 Å². The number of likely N-dealkylation sites (N-methyl/N-ethyl adjacent to an activating group) is 1. The third-order valence-electron chi connectivity index (χ3n) is 4.99. The summed E-state index contributed by atoms with van der Waals surface area (Å²) in [6.45, 7) is 4.43. The lowest BCUT2D eigenvalue weighted by atomic mass is 10.1. The molecule has 0 aliphatic carbocycles. The van der Waals surface area contributed by atoms with Gasteiger partial charge in [-0.25, -0.2) is 4.99 Å². The summed E-state index contributed by atoms with van der Waals surface area (Å²) in [4.78, 5) is 20.3. The van der Waals surface area contributed by atoms with Crippen molar-refractivity contribution in [2.24, 2.45) is 4.99 Å². The van der Waals surface area contributed by atoms with E-state index in [9.17, 15) is 4.79 Å². The molecule has 0 aromatic heterocycles. The number of carbonyl (C=O) groups excluding carboxylic acids is 1. The highest BCUT2D eigenvalue weighted by molar-refractivity contribution is 14.0. The predicted molar refractivity (Wildman–Crippen MR) is 127 cm³/mol. The van der Waals surface area contributed by atoms with Crippen LogP contribution in [0.1, 0.15) is 32.1 Å². The fraction of sp³-hybridized carbons (Fsp3) is 0.895. The number of amides is 1. The first-order valence-electron chi connectivity index (χ1n) is 10.1. The molecule has 9 heteroatoms. The number of hydrogen-bond donors (Lipinski definition) is 1. The van der Waals surface area contributed by atoms with E-state index < -0.39 is 0 Å². The van der Waals surface area contributed by atoms with E-state index in [1.165, 1.54) is 12.8 Å². The number of halogens is 1. The molecule has 0 spiro atoms. The Morgan fingerprint density at radius 3 is 2.64 bits per heavy atom. The quantitative estimate of drug-likeness (QED) is 0.225. The van der Waals surface area contributed by atoms with Crippen molar-refractivity contribution < 1.29 is 14.3 Å². The normalized spacial score (nSPS) is 21.2. The number of hydrogen-bond acceptors (Lipinski definition) is 5. The van der Waals surface area contributed by atoms with Crippen LogP contribution in [0.2, 0.25) is 0 Å². The van der Waals surface area contributed by atoms with Gasteiger partial charge in [-0.15, -0.1) is 24.0 Å². The molecule has 28 heavy (non-hydrogen) atoms. The second-order valence-corrected chi connectivity index (χ2v) is 8.34. The Labute approximate surface area is 191 Å². The van der Waals surface area contributed by atoms with Crippen molar-refractivity contribution in [3.8, 4) is 0 Å². The van der Waals surface area contributed by atoms with Crippen LogP contribution in [0.4, 0.5) is 0 Å². The smallest absolute Gasteiger partial charge is 0.243 e. The van der Waals surface area contributed by atoms with E-state index in [1.807, 2.05) is 0 Å². The number of nitrogens with zero attached hydrogens (tertiary/aromatic N) is 3. The van der Waals surface area contributed by atoms with Crippen molar-refractivity contribution >= 4 is 47.6 Å². The number of rotatable bonds is 8. The van der Waals surface area contributed by atoms with E-state index in [-0.39, 0.29) is 42.5 Å². The Bertz CT molecular complexity index is 468. The monoisotopic (exact) mass is 528 g/mol. The highest BCUT2D eigenvalue weighted by atomic mass is 127. The topological polar surface area (TPSA) is 66.4 Å². The third-order valence-corrected chi connectivity index (χ3v) is 5.60. The molecule has 1 N–H and O–H groups in total. The van der Waals surface area contributed by atoms with E-state index >= 15 is 0 Å². The van der Waals surface area contributed by atoms with Crippen LogP contribution in [0, 0.1) is 0 Å². The molecule has 0 aromatic carbocycles. The fourth-order valence-electron chi connectivity index (χ4n) is 3.23. The molecular weight excluding hydrogens is 491 g/mol. The van der Waals surface area contributed by atoms with Gasteiger partial charge in [-0.05, 0) is 38.4 Å². The van der Waals surface area contributed by atoms with Crippen LogP contribution in [-0.4, -0.2) is 99.4 Å². The Balaban J connectivity index is 0.00000392. The number of carbonyl (C=O) groups is 1. The zero-order valence-electron chi connectivity index (χ0n) is 17.5. The summed E-state index contributed by atoms with van der Waals surface area (Å²) < 4.78 is 11.9. The van der Waals surface area contributed by atoms with Crippen LogP contribution in [0.15, 0.2) is 4.99 Å². The molecule has 2 aliphatic heterocycles. The molecule has 1 amide bonds. The zero-order valence-corrected chi connectivity index (χ0v) is 20.7. The molecule has 0 saturated carbocycles. The highest BCUT2D eigenvalue weighted by Gasteiger charge is 2.24. The molecule has 7 nitrogen and oxygen atoms in total. The second kappa shape index (κ2) is 14.7. The lowest BCUT2D eigenvalue weighted by molar-refractivity contribution is -0.127. The van der Waals surface area contributed by atoms with Crippen molar-refractivity contribution in [2.75, 3.05) is 65.5 Å². The predicted octanol–water partition coefficient (Wildman–Crippen LogP) is 2.05. The Kier molecular flexibility index (Phi) is 13.5. The summed E-state index contributed by atoms with van der Waals surface area (Å²) >= 11 is 1.80. The summed E-state index contributed by atoms with van der Waals surface area (Å²) in [7, 11) is 3.52. The van der Waals surface area contributed by atoms with Crippen LogP contribution in [-0.2, 0) is 14.3 Å². The minimum Gasteiger partial charge on any atom is -0.376 e. The molecule has 1 unspecified atom stereocenters. The standard InChI is InChI=1S/C19H36N4O3S.HI/c1-22(2)18(24)14-21-19(20-9-13-27-3)23-10-7-16(8-11-23)26-15-17-6-4-5-12-25-17;/h16-17H,4-15H2,1-3H3,(H,20,21);1H. The van der Waals surface area contributed by atoms with Gasteiger partial charge in [0.1, 0.15) is 6.54 Å². The molecule has 0 bridgehead atoms. The number of ether oxygens (including phenoxy) is 2. The number of nitrogens with one attached hydrogen (secondary N) is 1. The van der Waals surface area contributed by atoms with Gasteiger partial charge in [0, 0.05) is 46.1 Å². The summed E-state index contributed by atoms with van der Waals surface area (Å²) in [6, 6.07) is 0. The van der Waals surface area contributed by atoms with Gasteiger partial charge in [-0.2, -0.15) is 11.8 Å². The van der Waals surface area contributed by atoms with Gasteiger partial charge < -0.3 is 24.6 Å². The molecule has 1 atom stereocenters. The van der Waals surface area contributed by atoms with Crippen molar-refractivity contribution in [3.63, 3.8) is 0 Å². The van der Waals surface area contributed by atoms with Gasteiger partial charge in [-0.1, -0.05) is 0 Å². The lowest BCUT2D eigenvalue weighted by Crippen LogP contribution is -2.48. The Morgan fingerprint density at radius 1 is 1.29 bits per heavy atom. The summed E-state index contributed by atoms with van der Waals surface area (Å²) in [5.74, 6) is 1.87. The first-order valence-corrected chi connectivity index (χ1v) is 11.4. The third kappa shape index (κ3) is 9.49. The molecular formula is C19H37IN4O3S. The van der Waals surface area contributed by atoms with Gasteiger partial charge in [0.15, 0.2) is 5.96 Å². The summed E-state index contributed by atoms with van der Waals surface area (Å²) in [5, 5.41) is 3.41. The molecule has 164 valence electrons. The number of aliphatic imine (C=N–C) groups is 1. The van der Waals surface area contributed by atoms with Crippen LogP contribution in [0.3, 0.4) is 0 Å².